The molecule has 3 nitrogen and oxygen atoms in total. The molecule has 0 radical (unpaired) electrons. The number of nitrogens with zero attached hydrogens (tertiary/aromatic N) is 2. The van der Waals surface area contributed by atoms with Crippen LogP contribution in [0.2, 0.25) is 0 Å². The van der Waals surface area contributed by atoms with Crippen LogP contribution in [-0.4, -0.2) is 15.6 Å². The molecule has 1 saturated carbocycles. The van der Waals surface area contributed by atoms with Crippen molar-refractivity contribution in [2.24, 2.45) is 11.1 Å². The van der Waals surface area contributed by atoms with Crippen molar-refractivity contribution in [3.63, 3.8) is 0 Å². The van der Waals surface area contributed by atoms with Crippen molar-refractivity contribution < 1.29 is 0 Å². The van der Waals surface area contributed by atoms with Crippen LogP contribution < -0.4 is 5.73 Å². The number of rotatable bonds is 1. The monoisotopic (exact) mass is 207 g/mol. The van der Waals surface area contributed by atoms with Crippen LogP contribution in [0.5, 0.6) is 0 Å². The lowest BCUT2D eigenvalue weighted by molar-refractivity contribution is 0.141. The highest BCUT2D eigenvalue weighted by Gasteiger charge is 2.37. The van der Waals surface area contributed by atoms with E-state index in [9.17, 15) is 0 Å². The molecule has 1 aliphatic rings. The SMILES string of the molecule is Cc1nccn1C1CCCC(C)(C)C1N. The predicted molar refractivity (Wildman–Crippen MR) is 61.6 cm³/mol. The summed E-state index contributed by atoms with van der Waals surface area (Å²) < 4.78 is 2.24. The van der Waals surface area contributed by atoms with Crippen LogP contribution in [0.15, 0.2) is 12.4 Å². The molecule has 0 aliphatic heterocycles. The first-order valence-electron chi connectivity index (χ1n) is 5.77. The van der Waals surface area contributed by atoms with Crippen LogP contribution in [0.1, 0.15) is 45.0 Å². The van der Waals surface area contributed by atoms with Crippen molar-refractivity contribution in [1.82, 2.24) is 9.55 Å². The molecule has 0 aromatic carbocycles. The zero-order valence-electron chi connectivity index (χ0n) is 9.90. The fourth-order valence-electron chi connectivity index (χ4n) is 2.68. The van der Waals surface area contributed by atoms with Gasteiger partial charge >= 0.3 is 0 Å². The highest BCUT2D eigenvalue weighted by Crippen LogP contribution is 2.40. The van der Waals surface area contributed by atoms with E-state index in [0.29, 0.717) is 6.04 Å². The number of aromatic nitrogens is 2. The molecular formula is C12H21N3. The third-order valence-electron chi connectivity index (χ3n) is 3.86. The summed E-state index contributed by atoms with van der Waals surface area (Å²) in [5.41, 5.74) is 6.62. The zero-order valence-corrected chi connectivity index (χ0v) is 9.90. The predicted octanol–water partition coefficient (Wildman–Crippen LogP) is 2.27. The van der Waals surface area contributed by atoms with Crippen LogP contribution in [0.4, 0.5) is 0 Å². The molecule has 1 aliphatic carbocycles. The lowest BCUT2D eigenvalue weighted by atomic mass is 9.71. The number of nitrogens with two attached hydrogens (primary N) is 1. The molecule has 84 valence electrons. The van der Waals surface area contributed by atoms with E-state index in [1.165, 1.54) is 19.3 Å². The van der Waals surface area contributed by atoms with Gasteiger partial charge in [-0.1, -0.05) is 20.3 Å². The number of hydrogen-bond acceptors (Lipinski definition) is 2. The summed E-state index contributed by atoms with van der Waals surface area (Å²) in [7, 11) is 0. The van der Waals surface area contributed by atoms with Crippen molar-refractivity contribution >= 4 is 0 Å². The van der Waals surface area contributed by atoms with E-state index >= 15 is 0 Å². The second-order valence-corrected chi connectivity index (χ2v) is 5.36. The lowest BCUT2D eigenvalue weighted by Crippen LogP contribution is -2.47. The summed E-state index contributed by atoms with van der Waals surface area (Å²) >= 11 is 0. The maximum Gasteiger partial charge on any atom is 0.105 e. The zero-order chi connectivity index (χ0) is 11.1. The van der Waals surface area contributed by atoms with E-state index in [1.807, 2.05) is 13.1 Å². The highest BCUT2D eigenvalue weighted by molar-refractivity contribution is 5.00. The standard InChI is InChI=1S/C12H21N3/c1-9-14-7-8-15(9)10-5-4-6-12(2,3)11(10)13/h7-8,10-11H,4-6,13H2,1-3H3. The molecule has 2 rings (SSSR count). The summed E-state index contributed by atoms with van der Waals surface area (Å²) in [6.07, 6.45) is 7.61. The summed E-state index contributed by atoms with van der Waals surface area (Å²) in [4.78, 5) is 4.28. The van der Waals surface area contributed by atoms with Gasteiger partial charge in [-0.25, -0.2) is 4.98 Å². The summed E-state index contributed by atoms with van der Waals surface area (Å²) in [6, 6.07) is 0.662. The molecule has 0 amide bonds. The van der Waals surface area contributed by atoms with E-state index in [-0.39, 0.29) is 11.5 Å². The second-order valence-electron chi connectivity index (χ2n) is 5.36. The lowest BCUT2D eigenvalue weighted by Gasteiger charge is -2.42. The molecule has 2 N–H and O–H groups in total. The number of aryl methyl sites for hydroxylation is 1. The Morgan fingerprint density at radius 2 is 2.27 bits per heavy atom. The summed E-state index contributed by atoms with van der Waals surface area (Å²) in [6.45, 7) is 6.60. The summed E-state index contributed by atoms with van der Waals surface area (Å²) in [5.74, 6) is 1.08. The van der Waals surface area contributed by atoms with Crippen molar-refractivity contribution in [3.8, 4) is 0 Å². The fourth-order valence-corrected chi connectivity index (χ4v) is 2.68. The van der Waals surface area contributed by atoms with Crippen LogP contribution in [0.3, 0.4) is 0 Å². The molecule has 3 heteroatoms. The van der Waals surface area contributed by atoms with Crippen LogP contribution in [0.25, 0.3) is 0 Å². The highest BCUT2D eigenvalue weighted by atomic mass is 15.1. The van der Waals surface area contributed by atoms with Gasteiger partial charge in [-0.2, -0.15) is 0 Å². The maximum absolute atomic E-state index is 6.37. The maximum atomic E-state index is 6.37. The van der Waals surface area contributed by atoms with Crippen molar-refractivity contribution in [2.45, 2.75) is 52.1 Å². The quantitative estimate of drug-likeness (QED) is 0.767. The molecule has 15 heavy (non-hydrogen) atoms. The molecule has 1 aromatic rings. The average molecular weight is 207 g/mol. The largest absolute Gasteiger partial charge is 0.331 e. The van der Waals surface area contributed by atoms with E-state index in [1.54, 1.807) is 0 Å². The van der Waals surface area contributed by atoms with Gasteiger partial charge in [-0.3, -0.25) is 0 Å². The third kappa shape index (κ3) is 1.81. The van der Waals surface area contributed by atoms with Gasteiger partial charge in [-0.15, -0.1) is 0 Å². The van der Waals surface area contributed by atoms with Gasteiger partial charge in [0.2, 0.25) is 0 Å². The van der Waals surface area contributed by atoms with E-state index in [2.05, 4.69) is 29.6 Å². The Bertz CT molecular complexity index is 340. The third-order valence-corrected chi connectivity index (χ3v) is 3.86. The van der Waals surface area contributed by atoms with Crippen LogP contribution >= 0.6 is 0 Å². The van der Waals surface area contributed by atoms with Gasteiger partial charge in [-0.05, 0) is 25.2 Å². The Balaban J connectivity index is 2.26. The molecule has 0 saturated heterocycles. The minimum Gasteiger partial charge on any atom is -0.331 e. The van der Waals surface area contributed by atoms with E-state index in [4.69, 9.17) is 5.73 Å². The Morgan fingerprint density at radius 1 is 1.53 bits per heavy atom. The first-order valence-corrected chi connectivity index (χ1v) is 5.77. The Hall–Kier alpha value is -0.830. The molecule has 1 aromatic heterocycles. The smallest absolute Gasteiger partial charge is 0.105 e. The van der Waals surface area contributed by atoms with E-state index in [0.717, 1.165) is 5.82 Å². The van der Waals surface area contributed by atoms with Crippen molar-refractivity contribution in [1.29, 1.82) is 0 Å². The first kappa shape index (κ1) is 10.7. The molecule has 0 spiro atoms. The van der Waals surface area contributed by atoms with E-state index < -0.39 is 0 Å². The molecule has 2 unspecified atom stereocenters. The molecule has 1 heterocycles. The topological polar surface area (TPSA) is 43.8 Å². The Kier molecular flexibility index (Phi) is 2.59. The van der Waals surface area contributed by atoms with Gasteiger partial charge in [0.05, 0.1) is 6.04 Å². The van der Waals surface area contributed by atoms with Crippen molar-refractivity contribution in [3.05, 3.63) is 18.2 Å². The summed E-state index contributed by atoms with van der Waals surface area (Å²) in [5, 5.41) is 0. The minimum atomic E-state index is 0.235. The Morgan fingerprint density at radius 3 is 2.87 bits per heavy atom. The van der Waals surface area contributed by atoms with Crippen LogP contribution in [-0.2, 0) is 0 Å². The first-order chi connectivity index (χ1) is 7.02. The molecule has 2 atom stereocenters. The van der Waals surface area contributed by atoms with Crippen LogP contribution in [0, 0.1) is 12.3 Å². The minimum absolute atomic E-state index is 0.235. The number of imidazole rings is 1. The average Bonchev–Trinajstić information content (AvgIpc) is 2.57. The second kappa shape index (κ2) is 3.63. The van der Waals surface area contributed by atoms with Gasteiger partial charge in [0, 0.05) is 18.4 Å². The Labute approximate surface area is 91.7 Å². The molecule has 1 fully saturated rings. The van der Waals surface area contributed by atoms with Gasteiger partial charge in [0.1, 0.15) is 5.82 Å². The van der Waals surface area contributed by atoms with Crippen molar-refractivity contribution in [2.75, 3.05) is 0 Å². The number of hydrogen-bond donors (Lipinski definition) is 1. The normalized spacial score (nSPS) is 30.4. The molecule has 0 bridgehead atoms. The van der Waals surface area contributed by atoms with Gasteiger partial charge in [0.15, 0.2) is 0 Å². The van der Waals surface area contributed by atoms with Gasteiger partial charge < -0.3 is 10.3 Å². The molecular weight excluding hydrogens is 186 g/mol. The van der Waals surface area contributed by atoms with Gasteiger partial charge in [0.25, 0.3) is 0 Å². The fraction of sp³-hybridized carbons (Fsp3) is 0.750.